The summed E-state index contributed by atoms with van der Waals surface area (Å²) in [6, 6.07) is 5.11. The van der Waals surface area contributed by atoms with E-state index in [0.717, 1.165) is 19.0 Å². The van der Waals surface area contributed by atoms with Crippen LogP contribution in [0.3, 0.4) is 0 Å². The van der Waals surface area contributed by atoms with Gasteiger partial charge < -0.3 is 5.11 Å². The van der Waals surface area contributed by atoms with Gasteiger partial charge in [0.05, 0.1) is 12.2 Å². The molecular weight excluding hydrogens is 288 g/mol. The summed E-state index contributed by atoms with van der Waals surface area (Å²) in [6.45, 7) is 1.84. The fraction of sp³-hybridized carbons (Fsp3) is 0.500. The van der Waals surface area contributed by atoms with Crippen molar-refractivity contribution in [2.45, 2.75) is 24.9 Å². The number of carbonyl (C=O) groups is 1. The van der Waals surface area contributed by atoms with Crippen molar-refractivity contribution in [3.63, 3.8) is 0 Å². The Bertz CT molecular complexity index is 644. The molecule has 1 N–H and O–H groups in total. The predicted octanol–water partition coefficient (Wildman–Crippen LogP) is 2.05. The second-order valence-electron chi connectivity index (χ2n) is 5.79. The van der Waals surface area contributed by atoms with Crippen LogP contribution in [0.4, 0.5) is 0 Å². The van der Waals surface area contributed by atoms with E-state index in [0.29, 0.717) is 6.04 Å². The number of thiophene rings is 1. The summed E-state index contributed by atoms with van der Waals surface area (Å²) in [7, 11) is 0. The van der Waals surface area contributed by atoms with E-state index >= 15 is 0 Å². The zero-order chi connectivity index (χ0) is 14.4. The van der Waals surface area contributed by atoms with Crippen molar-refractivity contribution in [3.05, 3.63) is 34.3 Å². The van der Waals surface area contributed by atoms with Crippen LogP contribution in [0.5, 0.6) is 0 Å². The molecule has 7 heteroatoms. The van der Waals surface area contributed by atoms with Crippen molar-refractivity contribution in [3.8, 4) is 0 Å². The normalized spacial score (nSPS) is 21.1. The van der Waals surface area contributed by atoms with Crippen LogP contribution in [0.1, 0.15) is 40.3 Å². The van der Waals surface area contributed by atoms with Crippen LogP contribution >= 0.6 is 11.3 Å². The Balaban J connectivity index is 1.44. The van der Waals surface area contributed by atoms with Crippen molar-refractivity contribution in [2.24, 2.45) is 5.92 Å². The Hall–Kier alpha value is -1.73. The molecule has 4 rings (SSSR count). The smallest absolute Gasteiger partial charge is 0.358 e. The lowest BCUT2D eigenvalue weighted by Crippen LogP contribution is -2.49. The molecule has 1 aliphatic heterocycles. The highest BCUT2D eigenvalue weighted by Gasteiger charge is 2.42. The van der Waals surface area contributed by atoms with Crippen LogP contribution in [-0.2, 0) is 0 Å². The van der Waals surface area contributed by atoms with Crippen molar-refractivity contribution in [1.82, 2.24) is 19.9 Å². The lowest BCUT2D eigenvalue weighted by atomic mass is 10.0. The molecule has 3 heterocycles. The van der Waals surface area contributed by atoms with E-state index in [-0.39, 0.29) is 11.7 Å². The van der Waals surface area contributed by atoms with Gasteiger partial charge in [-0.1, -0.05) is 11.3 Å². The number of aromatic nitrogens is 3. The van der Waals surface area contributed by atoms with Crippen LogP contribution < -0.4 is 0 Å². The number of nitrogens with zero attached hydrogens (tertiary/aromatic N) is 4. The summed E-state index contributed by atoms with van der Waals surface area (Å²) >= 11 is 1.83. The Morgan fingerprint density at radius 1 is 1.43 bits per heavy atom. The molecule has 0 amide bonds. The molecule has 6 nitrogen and oxygen atoms in total. The Morgan fingerprint density at radius 2 is 2.24 bits per heavy atom. The van der Waals surface area contributed by atoms with E-state index in [1.165, 1.54) is 23.9 Å². The zero-order valence-electron chi connectivity index (χ0n) is 11.4. The number of carboxylic acid groups (broad SMARTS) is 1. The predicted molar refractivity (Wildman–Crippen MR) is 77.4 cm³/mol. The molecule has 1 aliphatic carbocycles. The van der Waals surface area contributed by atoms with Gasteiger partial charge in [-0.2, -0.15) is 0 Å². The van der Waals surface area contributed by atoms with Gasteiger partial charge in [0.1, 0.15) is 0 Å². The fourth-order valence-corrected chi connectivity index (χ4v) is 3.97. The van der Waals surface area contributed by atoms with Gasteiger partial charge >= 0.3 is 5.97 Å². The second-order valence-corrected chi connectivity index (χ2v) is 6.77. The molecule has 2 aromatic rings. The first-order chi connectivity index (χ1) is 10.2. The first-order valence-electron chi connectivity index (χ1n) is 7.15. The van der Waals surface area contributed by atoms with Gasteiger partial charge in [-0.15, -0.1) is 16.4 Å². The fourth-order valence-electron chi connectivity index (χ4n) is 3.02. The molecule has 0 spiro atoms. The van der Waals surface area contributed by atoms with Crippen LogP contribution in [0.2, 0.25) is 0 Å². The molecule has 1 saturated heterocycles. The Morgan fingerprint density at radius 3 is 2.81 bits per heavy atom. The van der Waals surface area contributed by atoms with Gasteiger partial charge in [-0.3, -0.25) is 4.90 Å². The minimum Gasteiger partial charge on any atom is -0.476 e. The maximum atomic E-state index is 10.8. The van der Waals surface area contributed by atoms with Crippen molar-refractivity contribution in [1.29, 1.82) is 0 Å². The monoisotopic (exact) mass is 304 g/mol. The summed E-state index contributed by atoms with van der Waals surface area (Å²) < 4.78 is 1.69. The highest BCUT2D eigenvalue weighted by molar-refractivity contribution is 7.10. The van der Waals surface area contributed by atoms with Gasteiger partial charge in [0.25, 0.3) is 0 Å². The molecule has 110 valence electrons. The molecule has 1 atom stereocenters. The number of likely N-dealkylation sites (tertiary alicyclic amines) is 1. The number of aromatic carboxylic acids is 1. The quantitative estimate of drug-likeness (QED) is 0.915. The average molecular weight is 304 g/mol. The van der Waals surface area contributed by atoms with Crippen molar-refractivity contribution >= 4 is 17.3 Å². The summed E-state index contributed by atoms with van der Waals surface area (Å²) in [5, 5.41) is 18.7. The maximum absolute atomic E-state index is 10.8. The van der Waals surface area contributed by atoms with Gasteiger partial charge in [-0.25, -0.2) is 9.48 Å². The minimum atomic E-state index is -1.02. The van der Waals surface area contributed by atoms with E-state index in [4.69, 9.17) is 5.11 Å². The van der Waals surface area contributed by atoms with Crippen LogP contribution in [-0.4, -0.2) is 44.1 Å². The van der Waals surface area contributed by atoms with Crippen molar-refractivity contribution in [2.75, 3.05) is 13.1 Å². The molecule has 0 radical (unpaired) electrons. The minimum absolute atomic E-state index is 0.0189. The molecule has 1 unspecified atom stereocenters. The number of hydrogen-bond acceptors (Lipinski definition) is 5. The molecule has 2 aromatic heterocycles. The van der Waals surface area contributed by atoms with Gasteiger partial charge in [-0.05, 0) is 30.2 Å². The van der Waals surface area contributed by atoms with Crippen LogP contribution in [0, 0.1) is 5.92 Å². The number of carboxylic acids is 1. The standard InChI is InChI=1S/C14H16N4O2S/c19-14(20)11-8-18(16-15-11)10-6-17(7-10)13(9-3-4-9)12-2-1-5-21-12/h1-2,5,8-10,13H,3-4,6-7H2,(H,19,20). The largest absolute Gasteiger partial charge is 0.476 e. The molecule has 0 aromatic carbocycles. The highest BCUT2D eigenvalue weighted by Crippen LogP contribution is 2.48. The van der Waals surface area contributed by atoms with Gasteiger partial charge in [0.2, 0.25) is 0 Å². The molecule has 2 fully saturated rings. The van der Waals surface area contributed by atoms with E-state index < -0.39 is 5.97 Å². The molecule has 1 saturated carbocycles. The second kappa shape index (κ2) is 4.92. The van der Waals surface area contributed by atoms with Crippen molar-refractivity contribution < 1.29 is 9.90 Å². The third-order valence-corrected chi connectivity index (χ3v) is 5.23. The third kappa shape index (κ3) is 2.36. The Kier molecular flexibility index (Phi) is 3.04. The average Bonchev–Trinajstić information content (AvgIpc) is 2.91. The summed E-state index contributed by atoms with van der Waals surface area (Å²) in [5.41, 5.74) is 0.0189. The summed E-state index contributed by atoms with van der Waals surface area (Å²) in [6.07, 6.45) is 4.16. The summed E-state index contributed by atoms with van der Waals surface area (Å²) in [4.78, 5) is 14.8. The third-order valence-electron chi connectivity index (χ3n) is 4.29. The van der Waals surface area contributed by atoms with E-state index in [2.05, 4.69) is 32.7 Å². The molecule has 21 heavy (non-hydrogen) atoms. The number of rotatable bonds is 5. The lowest BCUT2D eigenvalue weighted by molar-refractivity contribution is 0.0426. The first kappa shape index (κ1) is 13.0. The Labute approximate surface area is 126 Å². The topological polar surface area (TPSA) is 71.2 Å². The lowest BCUT2D eigenvalue weighted by Gasteiger charge is -2.44. The molecule has 2 aliphatic rings. The highest BCUT2D eigenvalue weighted by atomic mass is 32.1. The first-order valence-corrected chi connectivity index (χ1v) is 8.03. The van der Waals surface area contributed by atoms with Crippen LogP contribution in [0.15, 0.2) is 23.7 Å². The molecular formula is C14H16N4O2S. The van der Waals surface area contributed by atoms with E-state index in [1.807, 2.05) is 11.3 Å². The van der Waals surface area contributed by atoms with Gasteiger partial charge in [0.15, 0.2) is 5.69 Å². The molecule has 0 bridgehead atoms. The van der Waals surface area contributed by atoms with Crippen LogP contribution in [0.25, 0.3) is 0 Å². The van der Waals surface area contributed by atoms with Gasteiger partial charge in [0, 0.05) is 24.0 Å². The SMILES string of the molecule is O=C(O)c1cn(C2CN(C(c3cccs3)C3CC3)C2)nn1. The summed E-state index contributed by atoms with van der Waals surface area (Å²) in [5.74, 6) is -0.234. The van der Waals surface area contributed by atoms with E-state index in [1.54, 1.807) is 4.68 Å². The zero-order valence-corrected chi connectivity index (χ0v) is 12.2. The maximum Gasteiger partial charge on any atom is 0.358 e. The van der Waals surface area contributed by atoms with E-state index in [9.17, 15) is 4.79 Å². The number of hydrogen-bond donors (Lipinski definition) is 1.